The van der Waals surface area contributed by atoms with Gasteiger partial charge in [0, 0.05) is 11.6 Å². The van der Waals surface area contributed by atoms with Gasteiger partial charge < -0.3 is 10.6 Å². The quantitative estimate of drug-likeness (QED) is 0.726. The number of rotatable bonds is 5. The maximum atomic E-state index is 12.5. The number of amides is 4. The van der Waals surface area contributed by atoms with E-state index in [1.54, 1.807) is 24.3 Å². The van der Waals surface area contributed by atoms with Crippen molar-refractivity contribution >= 4 is 23.5 Å². The molecule has 1 saturated heterocycles. The van der Waals surface area contributed by atoms with Gasteiger partial charge in [0.2, 0.25) is 5.91 Å². The highest BCUT2D eigenvalue weighted by Crippen LogP contribution is 2.49. The minimum Gasteiger partial charge on any atom is -0.326 e. The van der Waals surface area contributed by atoms with E-state index < -0.39 is 12.1 Å². The average Bonchev–Trinajstić information content (AvgIpc) is 3.42. The van der Waals surface area contributed by atoms with E-state index in [1.807, 2.05) is 0 Å². The molecule has 120 valence electrons. The first-order valence-corrected chi connectivity index (χ1v) is 8.14. The van der Waals surface area contributed by atoms with Crippen LogP contribution in [0.5, 0.6) is 0 Å². The van der Waals surface area contributed by atoms with Crippen LogP contribution in [0.2, 0.25) is 0 Å². The third-order valence-corrected chi connectivity index (χ3v) is 4.85. The van der Waals surface area contributed by atoms with Crippen LogP contribution in [0.4, 0.5) is 10.5 Å². The highest BCUT2D eigenvalue weighted by Gasteiger charge is 2.45. The molecule has 1 heterocycles. The first kappa shape index (κ1) is 14.2. The Kier molecular flexibility index (Phi) is 3.32. The molecular weight excluding hydrogens is 294 g/mol. The molecule has 1 atom stereocenters. The number of urea groups is 1. The zero-order valence-electron chi connectivity index (χ0n) is 12.7. The summed E-state index contributed by atoms with van der Waals surface area (Å²) in [7, 11) is 0. The molecule has 2 saturated carbocycles. The second-order valence-corrected chi connectivity index (χ2v) is 6.71. The maximum Gasteiger partial charge on any atom is 0.322 e. The van der Waals surface area contributed by atoms with Crippen LogP contribution < -0.4 is 16.0 Å². The molecule has 0 radical (unpaired) electrons. The van der Waals surface area contributed by atoms with E-state index in [0.717, 1.165) is 5.69 Å². The molecule has 3 N–H and O–H groups in total. The van der Waals surface area contributed by atoms with E-state index in [0.29, 0.717) is 17.4 Å². The summed E-state index contributed by atoms with van der Waals surface area (Å²) in [6.45, 7) is 0. The number of carbonyl (C=O) groups excluding carboxylic acids is 3. The summed E-state index contributed by atoms with van der Waals surface area (Å²) < 4.78 is 0. The summed E-state index contributed by atoms with van der Waals surface area (Å²) in [6.07, 6.45) is 4.68. The number of hydrogen-bond acceptors (Lipinski definition) is 3. The normalized spacial score (nSPS) is 23.6. The van der Waals surface area contributed by atoms with Crippen molar-refractivity contribution < 1.29 is 14.4 Å². The predicted octanol–water partition coefficient (Wildman–Crippen LogP) is 1.94. The van der Waals surface area contributed by atoms with Crippen LogP contribution in [0, 0.1) is 17.8 Å². The fourth-order valence-electron chi connectivity index (χ4n) is 3.36. The number of hydrogen-bond donors (Lipinski definition) is 3. The van der Waals surface area contributed by atoms with Gasteiger partial charge in [-0.1, -0.05) is 12.1 Å². The summed E-state index contributed by atoms with van der Waals surface area (Å²) in [6, 6.07) is 5.94. The molecule has 0 spiro atoms. The zero-order valence-corrected chi connectivity index (χ0v) is 12.7. The smallest absolute Gasteiger partial charge is 0.322 e. The van der Waals surface area contributed by atoms with Crippen LogP contribution in [0.1, 0.15) is 37.3 Å². The third kappa shape index (κ3) is 2.93. The first-order chi connectivity index (χ1) is 11.1. The van der Waals surface area contributed by atoms with Gasteiger partial charge >= 0.3 is 6.03 Å². The second-order valence-electron chi connectivity index (χ2n) is 6.71. The van der Waals surface area contributed by atoms with Crippen molar-refractivity contribution in [1.82, 2.24) is 10.6 Å². The van der Waals surface area contributed by atoms with Crippen LogP contribution in [0.15, 0.2) is 24.3 Å². The molecule has 1 aliphatic heterocycles. The summed E-state index contributed by atoms with van der Waals surface area (Å²) in [5, 5.41) is 7.76. The van der Waals surface area contributed by atoms with Gasteiger partial charge in [-0.25, -0.2) is 4.79 Å². The zero-order chi connectivity index (χ0) is 16.0. The lowest BCUT2D eigenvalue weighted by Crippen LogP contribution is -2.26. The van der Waals surface area contributed by atoms with Crippen molar-refractivity contribution in [2.75, 3.05) is 5.32 Å². The lowest BCUT2D eigenvalue weighted by molar-refractivity contribution is -0.121. The van der Waals surface area contributed by atoms with Crippen molar-refractivity contribution in [2.24, 2.45) is 17.8 Å². The standard InChI is InChI=1S/C17H19N3O3/c21-15(13(9-1-2-9)10-3-4-10)18-12-7-5-11(6-8-12)14-16(22)20-17(23)19-14/h5-10,13-14H,1-4H2,(H,18,21)(H2,19,20,22,23). The Morgan fingerprint density at radius 2 is 1.65 bits per heavy atom. The molecule has 1 unspecified atom stereocenters. The van der Waals surface area contributed by atoms with Gasteiger partial charge in [-0.15, -0.1) is 0 Å². The summed E-state index contributed by atoms with van der Waals surface area (Å²) in [5.74, 6) is 1.07. The molecule has 23 heavy (non-hydrogen) atoms. The molecular formula is C17H19N3O3. The first-order valence-electron chi connectivity index (χ1n) is 8.14. The van der Waals surface area contributed by atoms with Crippen molar-refractivity contribution in [3.05, 3.63) is 29.8 Å². The van der Waals surface area contributed by atoms with Gasteiger partial charge in [-0.05, 0) is 55.2 Å². The third-order valence-electron chi connectivity index (χ3n) is 4.85. The van der Waals surface area contributed by atoms with Crippen LogP contribution in [-0.4, -0.2) is 17.8 Å². The second kappa shape index (κ2) is 5.37. The van der Waals surface area contributed by atoms with Crippen LogP contribution in [-0.2, 0) is 9.59 Å². The Hall–Kier alpha value is -2.37. The van der Waals surface area contributed by atoms with E-state index >= 15 is 0 Å². The summed E-state index contributed by atoms with van der Waals surface area (Å²) in [5.41, 5.74) is 1.43. The maximum absolute atomic E-state index is 12.5. The molecule has 3 fully saturated rings. The number of anilines is 1. The summed E-state index contributed by atoms with van der Waals surface area (Å²) in [4.78, 5) is 35.3. The summed E-state index contributed by atoms with van der Waals surface area (Å²) >= 11 is 0. The highest BCUT2D eigenvalue weighted by molar-refractivity contribution is 6.04. The minimum atomic E-state index is -0.655. The Labute approximate surface area is 134 Å². The molecule has 0 bridgehead atoms. The molecule has 4 amide bonds. The van der Waals surface area contributed by atoms with Gasteiger partial charge in [-0.2, -0.15) is 0 Å². The van der Waals surface area contributed by atoms with Crippen LogP contribution in [0.3, 0.4) is 0 Å². The monoisotopic (exact) mass is 313 g/mol. The average molecular weight is 313 g/mol. The van der Waals surface area contributed by atoms with E-state index in [9.17, 15) is 14.4 Å². The van der Waals surface area contributed by atoms with Gasteiger partial charge in [0.15, 0.2) is 0 Å². The number of nitrogens with one attached hydrogen (secondary N) is 3. The Balaban J connectivity index is 1.43. The molecule has 6 nitrogen and oxygen atoms in total. The molecule has 4 rings (SSSR count). The lowest BCUT2D eigenvalue weighted by Gasteiger charge is -2.16. The molecule has 6 heteroatoms. The Bertz CT molecular complexity index is 650. The van der Waals surface area contributed by atoms with Gasteiger partial charge in [0.05, 0.1) is 0 Å². The van der Waals surface area contributed by atoms with Crippen molar-refractivity contribution in [3.63, 3.8) is 0 Å². The van der Waals surface area contributed by atoms with E-state index in [1.165, 1.54) is 25.7 Å². The van der Waals surface area contributed by atoms with Gasteiger partial charge in [0.25, 0.3) is 5.91 Å². The number of benzene rings is 1. The fraction of sp³-hybridized carbons (Fsp3) is 0.471. The number of imide groups is 1. The minimum absolute atomic E-state index is 0.120. The van der Waals surface area contributed by atoms with Crippen molar-refractivity contribution in [1.29, 1.82) is 0 Å². The Morgan fingerprint density at radius 1 is 1.04 bits per heavy atom. The largest absolute Gasteiger partial charge is 0.326 e. The highest BCUT2D eigenvalue weighted by atomic mass is 16.2. The van der Waals surface area contributed by atoms with E-state index in [-0.39, 0.29) is 17.7 Å². The van der Waals surface area contributed by atoms with E-state index in [4.69, 9.17) is 0 Å². The van der Waals surface area contributed by atoms with Crippen LogP contribution >= 0.6 is 0 Å². The Morgan fingerprint density at radius 3 is 2.13 bits per heavy atom. The van der Waals surface area contributed by atoms with Crippen LogP contribution in [0.25, 0.3) is 0 Å². The van der Waals surface area contributed by atoms with Crippen molar-refractivity contribution in [3.8, 4) is 0 Å². The SMILES string of the molecule is O=C1NC(=O)C(c2ccc(NC(=O)C(C3CC3)C3CC3)cc2)N1. The van der Waals surface area contributed by atoms with Gasteiger partial charge in [-0.3, -0.25) is 14.9 Å². The lowest BCUT2D eigenvalue weighted by atomic mass is 9.96. The number of carbonyl (C=O) groups is 3. The molecule has 3 aliphatic rings. The van der Waals surface area contributed by atoms with Gasteiger partial charge in [0.1, 0.15) is 6.04 Å². The molecule has 1 aromatic rings. The predicted molar refractivity (Wildman–Crippen MR) is 83.4 cm³/mol. The molecule has 2 aliphatic carbocycles. The molecule has 0 aromatic heterocycles. The van der Waals surface area contributed by atoms with Crippen molar-refractivity contribution in [2.45, 2.75) is 31.7 Å². The molecule has 1 aromatic carbocycles. The van der Waals surface area contributed by atoms with E-state index in [2.05, 4.69) is 16.0 Å². The fourth-order valence-corrected chi connectivity index (χ4v) is 3.36. The topological polar surface area (TPSA) is 87.3 Å².